The van der Waals surface area contributed by atoms with Gasteiger partial charge in [0.05, 0.1) is 11.1 Å². The third-order valence-electron chi connectivity index (χ3n) is 2.77. The highest BCUT2D eigenvalue weighted by atomic mass is 79.9. The number of hydrogen-bond acceptors (Lipinski definition) is 3. The molecule has 5 heteroatoms. The Hall–Kier alpha value is -1.20. The van der Waals surface area contributed by atoms with Crippen LogP contribution in [0, 0.1) is 0 Å². The van der Waals surface area contributed by atoms with Crippen molar-refractivity contribution in [3.63, 3.8) is 0 Å². The standard InChI is InChI=1S/C12H13BrN2O2/c13-8-3-4-9-10(7-8)12(17)15(11(9)16)6-2-1-5-14/h3-4,7H,1-2,5-6,14H2. The molecular weight excluding hydrogens is 284 g/mol. The van der Waals surface area contributed by atoms with Gasteiger partial charge in [-0.1, -0.05) is 15.9 Å². The van der Waals surface area contributed by atoms with Gasteiger partial charge < -0.3 is 5.73 Å². The van der Waals surface area contributed by atoms with Gasteiger partial charge in [-0.25, -0.2) is 0 Å². The number of hydrogen-bond donors (Lipinski definition) is 1. The van der Waals surface area contributed by atoms with Gasteiger partial charge in [0.1, 0.15) is 0 Å². The molecule has 1 aliphatic heterocycles. The Morgan fingerprint density at radius 2 is 1.82 bits per heavy atom. The van der Waals surface area contributed by atoms with E-state index >= 15 is 0 Å². The molecule has 0 aromatic heterocycles. The molecule has 1 aliphatic rings. The van der Waals surface area contributed by atoms with Gasteiger partial charge in [-0.2, -0.15) is 0 Å². The van der Waals surface area contributed by atoms with Crippen molar-refractivity contribution in [2.45, 2.75) is 12.8 Å². The number of halogens is 1. The van der Waals surface area contributed by atoms with Crippen LogP contribution in [0.5, 0.6) is 0 Å². The average Bonchev–Trinajstić information content (AvgIpc) is 2.54. The molecule has 2 amide bonds. The van der Waals surface area contributed by atoms with Crippen molar-refractivity contribution in [1.29, 1.82) is 0 Å². The van der Waals surface area contributed by atoms with Gasteiger partial charge in [-0.15, -0.1) is 0 Å². The zero-order chi connectivity index (χ0) is 12.4. The van der Waals surface area contributed by atoms with Crippen LogP contribution in [0.15, 0.2) is 22.7 Å². The highest BCUT2D eigenvalue weighted by Crippen LogP contribution is 2.26. The molecule has 4 nitrogen and oxygen atoms in total. The summed E-state index contributed by atoms with van der Waals surface area (Å²) in [6, 6.07) is 5.15. The lowest BCUT2D eigenvalue weighted by Gasteiger charge is -2.12. The molecule has 0 saturated carbocycles. The maximum absolute atomic E-state index is 12.0. The molecule has 0 fully saturated rings. The zero-order valence-electron chi connectivity index (χ0n) is 9.28. The topological polar surface area (TPSA) is 63.4 Å². The maximum Gasteiger partial charge on any atom is 0.261 e. The summed E-state index contributed by atoms with van der Waals surface area (Å²) in [4.78, 5) is 25.3. The lowest BCUT2D eigenvalue weighted by atomic mass is 10.1. The second kappa shape index (κ2) is 4.98. The molecule has 1 aromatic rings. The Kier molecular flexibility index (Phi) is 3.59. The van der Waals surface area contributed by atoms with Crippen LogP contribution in [-0.4, -0.2) is 29.8 Å². The molecular formula is C12H13BrN2O2. The first kappa shape index (κ1) is 12.3. The van der Waals surface area contributed by atoms with E-state index in [-0.39, 0.29) is 11.8 Å². The van der Waals surface area contributed by atoms with Crippen LogP contribution in [0.1, 0.15) is 33.6 Å². The van der Waals surface area contributed by atoms with E-state index in [1.807, 2.05) is 0 Å². The molecule has 2 N–H and O–H groups in total. The van der Waals surface area contributed by atoms with Crippen molar-refractivity contribution in [2.75, 3.05) is 13.1 Å². The first-order chi connectivity index (χ1) is 8.15. The second-order valence-electron chi connectivity index (χ2n) is 3.95. The van der Waals surface area contributed by atoms with Gasteiger partial charge in [-0.3, -0.25) is 14.5 Å². The Labute approximate surface area is 108 Å². The minimum absolute atomic E-state index is 0.200. The molecule has 1 aromatic carbocycles. The summed E-state index contributed by atoms with van der Waals surface area (Å²) in [5.74, 6) is -0.405. The smallest absolute Gasteiger partial charge is 0.261 e. The summed E-state index contributed by atoms with van der Waals surface area (Å²) in [6.45, 7) is 1.02. The Morgan fingerprint density at radius 1 is 1.12 bits per heavy atom. The number of nitrogens with zero attached hydrogens (tertiary/aromatic N) is 1. The zero-order valence-corrected chi connectivity index (χ0v) is 10.9. The molecule has 0 unspecified atom stereocenters. The summed E-state index contributed by atoms with van der Waals surface area (Å²) >= 11 is 3.30. The highest BCUT2D eigenvalue weighted by molar-refractivity contribution is 9.10. The van der Waals surface area contributed by atoms with Crippen LogP contribution in [-0.2, 0) is 0 Å². The molecule has 0 atom stereocenters. The van der Waals surface area contributed by atoms with Crippen molar-refractivity contribution in [2.24, 2.45) is 5.73 Å². The number of unbranched alkanes of at least 4 members (excludes halogenated alkanes) is 1. The lowest BCUT2D eigenvalue weighted by Crippen LogP contribution is -2.30. The predicted octanol–water partition coefficient (Wildman–Crippen LogP) is 1.78. The largest absolute Gasteiger partial charge is 0.330 e. The van der Waals surface area contributed by atoms with Gasteiger partial charge in [-0.05, 0) is 37.6 Å². The molecule has 0 spiro atoms. The fourth-order valence-electron chi connectivity index (χ4n) is 1.88. The van der Waals surface area contributed by atoms with Crippen LogP contribution < -0.4 is 5.73 Å². The second-order valence-corrected chi connectivity index (χ2v) is 4.86. The number of fused-ring (bicyclic) bond motifs is 1. The van der Waals surface area contributed by atoms with E-state index in [2.05, 4.69) is 15.9 Å². The summed E-state index contributed by atoms with van der Waals surface area (Å²) in [5, 5.41) is 0. The average molecular weight is 297 g/mol. The van der Waals surface area contributed by atoms with Gasteiger partial charge in [0.25, 0.3) is 11.8 Å². The summed E-state index contributed by atoms with van der Waals surface area (Å²) in [6.07, 6.45) is 1.57. The predicted molar refractivity (Wildman–Crippen MR) is 67.8 cm³/mol. The summed E-state index contributed by atoms with van der Waals surface area (Å²) < 4.78 is 0.807. The number of carbonyl (C=O) groups is 2. The van der Waals surface area contributed by atoms with Crippen LogP contribution in [0.2, 0.25) is 0 Å². The van der Waals surface area contributed by atoms with E-state index in [4.69, 9.17) is 5.73 Å². The van der Waals surface area contributed by atoms with Crippen molar-refractivity contribution in [1.82, 2.24) is 4.90 Å². The van der Waals surface area contributed by atoms with Gasteiger partial charge in [0.2, 0.25) is 0 Å². The minimum Gasteiger partial charge on any atom is -0.330 e. The minimum atomic E-state index is -0.205. The number of rotatable bonds is 4. The molecule has 0 aliphatic carbocycles. The van der Waals surface area contributed by atoms with Crippen molar-refractivity contribution < 1.29 is 9.59 Å². The number of carbonyl (C=O) groups excluding carboxylic acids is 2. The molecule has 90 valence electrons. The number of amides is 2. The number of nitrogens with two attached hydrogens (primary N) is 1. The lowest BCUT2D eigenvalue weighted by molar-refractivity contribution is 0.0652. The maximum atomic E-state index is 12.0. The molecule has 2 rings (SSSR count). The van der Waals surface area contributed by atoms with E-state index in [1.165, 1.54) is 4.90 Å². The monoisotopic (exact) mass is 296 g/mol. The van der Waals surface area contributed by atoms with Gasteiger partial charge in [0.15, 0.2) is 0 Å². The Balaban J connectivity index is 2.20. The number of imide groups is 1. The van der Waals surface area contributed by atoms with Crippen LogP contribution in [0.3, 0.4) is 0 Å². The van der Waals surface area contributed by atoms with Crippen molar-refractivity contribution in [3.05, 3.63) is 33.8 Å². The summed E-state index contributed by atoms with van der Waals surface area (Å²) in [7, 11) is 0. The van der Waals surface area contributed by atoms with E-state index in [1.54, 1.807) is 18.2 Å². The number of benzene rings is 1. The highest BCUT2D eigenvalue weighted by Gasteiger charge is 2.34. The quantitative estimate of drug-likeness (QED) is 0.680. The fraction of sp³-hybridized carbons (Fsp3) is 0.333. The van der Waals surface area contributed by atoms with E-state index < -0.39 is 0 Å². The van der Waals surface area contributed by atoms with Crippen LogP contribution in [0.25, 0.3) is 0 Å². The van der Waals surface area contributed by atoms with E-state index in [9.17, 15) is 9.59 Å². The third-order valence-corrected chi connectivity index (χ3v) is 3.26. The van der Waals surface area contributed by atoms with E-state index in [0.29, 0.717) is 24.2 Å². The summed E-state index contributed by atoms with van der Waals surface area (Å²) in [5.41, 5.74) is 6.37. The Morgan fingerprint density at radius 3 is 2.53 bits per heavy atom. The Bertz CT molecular complexity index is 474. The molecule has 0 saturated heterocycles. The normalized spacial score (nSPS) is 14.4. The molecule has 0 bridgehead atoms. The van der Waals surface area contributed by atoms with Crippen molar-refractivity contribution >= 4 is 27.7 Å². The van der Waals surface area contributed by atoms with Crippen LogP contribution >= 0.6 is 15.9 Å². The van der Waals surface area contributed by atoms with Gasteiger partial charge in [0, 0.05) is 11.0 Å². The fourth-order valence-corrected chi connectivity index (χ4v) is 2.24. The van der Waals surface area contributed by atoms with Crippen molar-refractivity contribution in [3.8, 4) is 0 Å². The van der Waals surface area contributed by atoms with Gasteiger partial charge >= 0.3 is 0 Å². The third kappa shape index (κ3) is 2.25. The first-order valence-corrected chi connectivity index (χ1v) is 6.30. The van der Waals surface area contributed by atoms with E-state index in [0.717, 1.165) is 17.3 Å². The molecule has 1 heterocycles. The molecule has 17 heavy (non-hydrogen) atoms. The van der Waals surface area contributed by atoms with Crippen LogP contribution in [0.4, 0.5) is 0 Å². The SMILES string of the molecule is NCCCCN1C(=O)c2ccc(Br)cc2C1=O. The first-order valence-electron chi connectivity index (χ1n) is 5.51. The molecule has 0 radical (unpaired) electrons.